The zero-order valence-corrected chi connectivity index (χ0v) is 8.65. The van der Waals surface area contributed by atoms with Crippen LogP contribution >= 0.6 is 11.6 Å². The third-order valence-electron chi connectivity index (χ3n) is 2.72. The largest absolute Gasteiger partial charge is 0.316 e. The van der Waals surface area contributed by atoms with Crippen molar-refractivity contribution in [2.24, 2.45) is 0 Å². The van der Waals surface area contributed by atoms with Gasteiger partial charge in [-0.15, -0.1) is 0 Å². The van der Waals surface area contributed by atoms with Gasteiger partial charge in [-0.2, -0.15) is 0 Å². The number of hydrogen-bond donors (Lipinski definition) is 1. The molecule has 0 spiro atoms. The topological polar surface area (TPSA) is 12.0 Å². The molecule has 1 aliphatic heterocycles. The average Bonchev–Trinajstić information content (AvgIpc) is 2.23. The van der Waals surface area contributed by atoms with Crippen LogP contribution in [0.25, 0.3) is 0 Å². The molecule has 1 fully saturated rings. The lowest BCUT2D eigenvalue weighted by Gasteiger charge is -2.23. The van der Waals surface area contributed by atoms with E-state index in [-0.39, 0.29) is 16.8 Å². The highest BCUT2D eigenvalue weighted by Crippen LogP contribution is 2.28. The molecule has 0 aliphatic carbocycles. The van der Waals surface area contributed by atoms with Crippen LogP contribution in [0.2, 0.25) is 5.02 Å². The van der Waals surface area contributed by atoms with E-state index in [0.717, 1.165) is 31.5 Å². The lowest BCUT2D eigenvalue weighted by atomic mass is 9.91. The van der Waals surface area contributed by atoms with Crippen LogP contribution in [0.4, 0.5) is 4.39 Å². The maximum Gasteiger partial charge on any atom is 0.145 e. The maximum atomic E-state index is 13.6. The number of hydrogen-bond acceptors (Lipinski definition) is 1. The summed E-state index contributed by atoms with van der Waals surface area (Å²) in [6.45, 7) is 1.90. The van der Waals surface area contributed by atoms with Crippen LogP contribution in [-0.4, -0.2) is 13.1 Å². The third kappa shape index (κ3) is 1.91. The highest BCUT2D eigenvalue weighted by atomic mass is 35.5. The summed E-state index contributed by atoms with van der Waals surface area (Å²) in [7, 11) is 0. The van der Waals surface area contributed by atoms with Crippen molar-refractivity contribution >= 4 is 11.6 Å². The number of rotatable bonds is 1. The average molecular weight is 214 g/mol. The molecule has 0 radical (unpaired) electrons. The van der Waals surface area contributed by atoms with E-state index in [1.54, 1.807) is 6.07 Å². The molecule has 0 aromatic heterocycles. The lowest BCUT2D eigenvalue weighted by Crippen LogP contribution is -2.28. The van der Waals surface area contributed by atoms with Gasteiger partial charge in [0.25, 0.3) is 0 Å². The van der Waals surface area contributed by atoms with Crippen LogP contribution in [0.5, 0.6) is 0 Å². The van der Waals surface area contributed by atoms with Gasteiger partial charge in [0.2, 0.25) is 0 Å². The van der Waals surface area contributed by atoms with Crippen molar-refractivity contribution in [2.45, 2.75) is 18.8 Å². The molecule has 1 heterocycles. The summed E-state index contributed by atoms with van der Waals surface area (Å²) in [5.41, 5.74) is 0.754. The summed E-state index contributed by atoms with van der Waals surface area (Å²) in [5.74, 6) is 0.0327. The van der Waals surface area contributed by atoms with Crippen molar-refractivity contribution in [1.82, 2.24) is 5.32 Å². The van der Waals surface area contributed by atoms with Gasteiger partial charge in [-0.3, -0.25) is 0 Å². The van der Waals surface area contributed by atoms with Gasteiger partial charge in [-0.1, -0.05) is 23.7 Å². The minimum atomic E-state index is -0.247. The quantitative estimate of drug-likeness (QED) is 0.757. The third-order valence-corrected chi connectivity index (χ3v) is 3.01. The molecule has 2 rings (SSSR count). The Labute approximate surface area is 88.3 Å². The van der Waals surface area contributed by atoms with Crippen LogP contribution < -0.4 is 5.32 Å². The Balaban J connectivity index is 2.26. The Bertz CT molecular complexity index is 321. The predicted molar refractivity (Wildman–Crippen MR) is 56.3 cm³/mol. The number of nitrogens with one attached hydrogen (secondary N) is 1. The Morgan fingerprint density at radius 3 is 3.00 bits per heavy atom. The molecule has 0 amide bonds. The summed E-state index contributed by atoms with van der Waals surface area (Å²) in [6, 6.07) is 5.24. The normalized spacial score (nSPS) is 22.3. The van der Waals surface area contributed by atoms with Crippen molar-refractivity contribution in [2.75, 3.05) is 13.1 Å². The second-order valence-corrected chi connectivity index (χ2v) is 4.09. The first-order valence-electron chi connectivity index (χ1n) is 4.93. The van der Waals surface area contributed by atoms with Crippen LogP contribution in [0, 0.1) is 5.82 Å². The van der Waals surface area contributed by atoms with Crippen LogP contribution in [0.3, 0.4) is 0 Å². The van der Waals surface area contributed by atoms with E-state index < -0.39 is 0 Å². The van der Waals surface area contributed by atoms with Crippen LogP contribution in [0.15, 0.2) is 18.2 Å². The van der Waals surface area contributed by atoms with Gasteiger partial charge in [0.1, 0.15) is 5.82 Å². The molecule has 1 nitrogen and oxygen atoms in total. The molecule has 76 valence electrons. The molecule has 1 N–H and O–H groups in total. The van der Waals surface area contributed by atoms with Crippen molar-refractivity contribution in [3.8, 4) is 0 Å². The second-order valence-electron chi connectivity index (χ2n) is 3.69. The van der Waals surface area contributed by atoms with E-state index >= 15 is 0 Å². The molecule has 0 bridgehead atoms. The fourth-order valence-corrected chi connectivity index (χ4v) is 2.13. The van der Waals surface area contributed by atoms with Crippen LogP contribution in [0.1, 0.15) is 24.3 Å². The minimum absolute atomic E-state index is 0.230. The molecule has 1 aromatic rings. The Hall–Kier alpha value is -0.600. The number of piperidine rings is 1. The van der Waals surface area contributed by atoms with Gasteiger partial charge < -0.3 is 5.32 Å². The molecule has 1 unspecified atom stereocenters. The van der Waals surface area contributed by atoms with E-state index in [9.17, 15) is 4.39 Å². The standard InChI is InChI=1S/C11H13ClFN/c12-10-5-1-4-9(11(10)13)8-3-2-6-14-7-8/h1,4-5,8,14H,2-3,6-7H2. The highest BCUT2D eigenvalue weighted by Gasteiger charge is 2.19. The second kappa shape index (κ2) is 4.28. The Morgan fingerprint density at radius 1 is 1.43 bits per heavy atom. The molecule has 1 saturated heterocycles. The first-order chi connectivity index (χ1) is 6.79. The summed E-state index contributed by atoms with van der Waals surface area (Å²) in [4.78, 5) is 0. The zero-order valence-electron chi connectivity index (χ0n) is 7.89. The van der Waals surface area contributed by atoms with Crippen molar-refractivity contribution in [3.63, 3.8) is 0 Å². The fraction of sp³-hybridized carbons (Fsp3) is 0.455. The highest BCUT2D eigenvalue weighted by molar-refractivity contribution is 6.30. The first kappa shape index (κ1) is 9.94. The molecule has 0 saturated carbocycles. The van der Waals surface area contributed by atoms with Gasteiger partial charge in [-0.05, 0) is 36.9 Å². The summed E-state index contributed by atoms with van der Waals surface area (Å²) >= 11 is 5.74. The Morgan fingerprint density at radius 2 is 2.29 bits per heavy atom. The molecule has 1 aromatic carbocycles. The van der Waals surface area contributed by atoms with Gasteiger partial charge in [0.15, 0.2) is 0 Å². The first-order valence-corrected chi connectivity index (χ1v) is 5.31. The minimum Gasteiger partial charge on any atom is -0.316 e. The monoisotopic (exact) mass is 213 g/mol. The summed E-state index contributed by atoms with van der Waals surface area (Å²) < 4.78 is 13.6. The van der Waals surface area contributed by atoms with Gasteiger partial charge in [0, 0.05) is 6.54 Å². The lowest BCUT2D eigenvalue weighted by molar-refractivity contribution is 0.446. The van der Waals surface area contributed by atoms with E-state index in [0.29, 0.717) is 0 Å². The molecule has 3 heteroatoms. The van der Waals surface area contributed by atoms with Crippen LogP contribution in [-0.2, 0) is 0 Å². The fourth-order valence-electron chi connectivity index (χ4n) is 1.95. The van der Waals surface area contributed by atoms with Gasteiger partial charge >= 0.3 is 0 Å². The SMILES string of the molecule is Fc1c(Cl)cccc1C1CCCNC1. The number of benzene rings is 1. The van der Waals surface area contributed by atoms with Gasteiger partial charge in [0.05, 0.1) is 5.02 Å². The predicted octanol–water partition coefficient (Wildman–Crippen LogP) is 2.95. The van der Waals surface area contributed by atoms with E-state index in [1.165, 1.54) is 0 Å². The van der Waals surface area contributed by atoms with E-state index in [2.05, 4.69) is 5.32 Å². The van der Waals surface area contributed by atoms with E-state index in [4.69, 9.17) is 11.6 Å². The van der Waals surface area contributed by atoms with E-state index in [1.807, 2.05) is 12.1 Å². The summed E-state index contributed by atoms with van der Waals surface area (Å²) in [6.07, 6.45) is 2.15. The molecular formula is C11H13ClFN. The smallest absolute Gasteiger partial charge is 0.145 e. The molecule has 14 heavy (non-hydrogen) atoms. The number of halogens is 2. The molecule has 1 aliphatic rings. The van der Waals surface area contributed by atoms with Gasteiger partial charge in [-0.25, -0.2) is 4.39 Å². The molecular weight excluding hydrogens is 201 g/mol. The van der Waals surface area contributed by atoms with Crippen molar-refractivity contribution < 1.29 is 4.39 Å². The summed E-state index contributed by atoms with van der Waals surface area (Å²) in [5, 5.41) is 3.50. The maximum absolute atomic E-state index is 13.6. The molecule has 1 atom stereocenters. The van der Waals surface area contributed by atoms with Crippen molar-refractivity contribution in [1.29, 1.82) is 0 Å². The Kier molecular flexibility index (Phi) is 3.04. The zero-order chi connectivity index (χ0) is 9.97. The van der Waals surface area contributed by atoms with Crippen molar-refractivity contribution in [3.05, 3.63) is 34.6 Å².